The fourth-order valence-corrected chi connectivity index (χ4v) is 1.14. The van der Waals surface area contributed by atoms with E-state index in [9.17, 15) is 14.3 Å². The fourth-order valence-electron chi connectivity index (χ4n) is 1.14. The smallest absolute Gasteiger partial charge is 0.261 e. The Bertz CT molecular complexity index is 388. The lowest BCUT2D eigenvalue weighted by molar-refractivity contribution is -0.128. The van der Waals surface area contributed by atoms with Crippen LogP contribution in [0.5, 0.6) is 0 Å². The molecule has 1 atom stereocenters. The number of amides is 1. The molecule has 1 unspecified atom stereocenters. The molecule has 0 bridgehead atoms. The van der Waals surface area contributed by atoms with Gasteiger partial charge in [-0.1, -0.05) is 6.07 Å². The largest absolute Gasteiger partial charge is 0.399 e. The predicted octanol–water partition coefficient (Wildman–Crippen LogP) is 1.32. The van der Waals surface area contributed by atoms with Crippen molar-refractivity contribution in [3.05, 3.63) is 24.3 Å². The third-order valence-corrected chi connectivity index (χ3v) is 2.00. The van der Waals surface area contributed by atoms with E-state index >= 15 is 0 Å². The van der Waals surface area contributed by atoms with Crippen LogP contribution in [-0.2, 0) is 4.79 Å². The van der Waals surface area contributed by atoms with Crippen LogP contribution in [0.25, 0.3) is 0 Å². The zero-order chi connectivity index (χ0) is 12.3. The maximum absolute atomic E-state index is 13.4. The van der Waals surface area contributed by atoms with E-state index in [-0.39, 0.29) is 0 Å². The van der Waals surface area contributed by atoms with Crippen LogP contribution in [0, 0.1) is 0 Å². The molecular weight excluding hydrogens is 211 g/mol. The highest BCUT2D eigenvalue weighted by molar-refractivity contribution is 5.95. The van der Waals surface area contributed by atoms with Crippen molar-refractivity contribution in [1.82, 2.24) is 0 Å². The first kappa shape index (κ1) is 12.4. The summed E-state index contributed by atoms with van der Waals surface area (Å²) in [5.41, 5.74) is 4.67. The Kier molecular flexibility index (Phi) is 3.49. The number of aliphatic hydroxyl groups is 1. The van der Waals surface area contributed by atoms with Gasteiger partial charge in [0.2, 0.25) is 6.17 Å². The molecule has 0 heterocycles. The van der Waals surface area contributed by atoms with E-state index < -0.39 is 17.7 Å². The first-order valence-electron chi connectivity index (χ1n) is 4.83. The van der Waals surface area contributed by atoms with E-state index in [1.807, 2.05) is 0 Å². The molecule has 1 amide bonds. The molecule has 16 heavy (non-hydrogen) atoms. The molecule has 0 saturated heterocycles. The van der Waals surface area contributed by atoms with Crippen LogP contribution in [0.3, 0.4) is 0 Å². The molecule has 0 saturated carbocycles. The molecule has 1 aromatic rings. The summed E-state index contributed by atoms with van der Waals surface area (Å²) in [4.78, 5) is 11.4. The summed E-state index contributed by atoms with van der Waals surface area (Å²) in [5, 5.41) is 11.7. The molecular formula is C11H15FN2O2. The number of carbonyl (C=O) groups excluding carboxylic acids is 1. The number of alkyl halides is 1. The van der Waals surface area contributed by atoms with Crippen LogP contribution >= 0.6 is 0 Å². The number of nitrogens with two attached hydrogens (primary N) is 1. The van der Waals surface area contributed by atoms with Crippen molar-refractivity contribution in [2.45, 2.75) is 25.6 Å². The van der Waals surface area contributed by atoms with Crippen LogP contribution in [0.15, 0.2) is 24.3 Å². The van der Waals surface area contributed by atoms with Gasteiger partial charge in [-0.15, -0.1) is 0 Å². The molecule has 4 nitrogen and oxygen atoms in total. The summed E-state index contributed by atoms with van der Waals surface area (Å²) in [6.07, 6.45) is -1.99. The lowest BCUT2D eigenvalue weighted by Crippen LogP contribution is -2.41. The number of nitrogens with one attached hydrogen (secondary N) is 1. The van der Waals surface area contributed by atoms with Gasteiger partial charge in [-0.2, -0.15) is 0 Å². The quantitative estimate of drug-likeness (QED) is 0.680. The Labute approximate surface area is 93.3 Å². The lowest BCUT2D eigenvalue weighted by atomic mass is 10.0. The molecule has 4 N–H and O–H groups in total. The molecule has 0 aliphatic rings. The highest BCUT2D eigenvalue weighted by Crippen LogP contribution is 2.17. The number of carbonyl (C=O) groups is 1. The Morgan fingerprint density at radius 2 is 2.19 bits per heavy atom. The van der Waals surface area contributed by atoms with Gasteiger partial charge < -0.3 is 16.2 Å². The van der Waals surface area contributed by atoms with Crippen molar-refractivity contribution in [3.8, 4) is 0 Å². The Morgan fingerprint density at radius 3 is 2.69 bits per heavy atom. The van der Waals surface area contributed by atoms with Gasteiger partial charge >= 0.3 is 0 Å². The zero-order valence-corrected chi connectivity index (χ0v) is 9.20. The molecule has 0 spiro atoms. The summed E-state index contributed by atoms with van der Waals surface area (Å²) in [6.45, 7) is 2.47. The van der Waals surface area contributed by atoms with E-state index in [1.54, 1.807) is 18.2 Å². The van der Waals surface area contributed by atoms with Gasteiger partial charge in [0.15, 0.2) is 0 Å². The van der Waals surface area contributed by atoms with E-state index in [2.05, 4.69) is 5.32 Å². The highest BCUT2D eigenvalue weighted by atomic mass is 19.1. The summed E-state index contributed by atoms with van der Waals surface area (Å²) < 4.78 is 13.4. The number of nitrogen functional groups attached to an aromatic ring is 1. The summed E-state index contributed by atoms with van der Waals surface area (Å²) in [7, 11) is 0. The number of halogens is 1. The topological polar surface area (TPSA) is 75.3 Å². The van der Waals surface area contributed by atoms with E-state index in [1.165, 1.54) is 19.9 Å². The van der Waals surface area contributed by atoms with Crippen molar-refractivity contribution in [2.75, 3.05) is 11.1 Å². The van der Waals surface area contributed by atoms with Crippen LogP contribution in [0.1, 0.15) is 13.8 Å². The minimum absolute atomic E-state index is 0.400. The molecule has 88 valence electrons. The van der Waals surface area contributed by atoms with Crippen molar-refractivity contribution in [3.63, 3.8) is 0 Å². The molecule has 1 aromatic carbocycles. The van der Waals surface area contributed by atoms with Crippen molar-refractivity contribution >= 4 is 17.3 Å². The van der Waals surface area contributed by atoms with Gasteiger partial charge in [0.1, 0.15) is 0 Å². The average molecular weight is 226 g/mol. The van der Waals surface area contributed by atoms with E-state index in [0.717, 1.165) is 0 Å². The van der Waals surface area contributed by atoms with Crippen molar-refractivity contribution in [2.24, 2.45) is 0 Å². The average Bonchev–Trinajstić information content (AvgIpc) is 2.15. The molecule has 0 fully saturated rings. The third kappa shape index (κ3) is 3.20. The van der Waals surface area contributed by atoms with Gasteiger partial charge in [0.05, 0.1) is 5.60 Å². The number of benzene rings is 1. The minimum Gasteiger partial charge on any atom is -0.399 e. The number of hydrogen-bond acceptors (Lipinski definition) is 3. The molecule has 0 radical (unpaired) electrons. The van der Waals surface area contributed by atoms with Crippen molar-refractivity contribution < 1.29 is 14.3 Å². The van der Waals surface area contributed by atoms with Crippen LogP contribution in [-0.4, -0.2) is 22.8 Å². The summed E-state index contributed by atoms with van der Waals surface area (Å²) in [6, 6.07) is 6.39. The lowest BCUT2D eigenvalue weighted by Gasteiger charge is -2.21. The predicted molar refractivity (Wildman–Crippen MR) is 60.7 cm³/mol. The molecule has 0 aromatic heterocycles. The van der Waals surface area contributed by atoms with E-state index in [4.69, 9.17) is 5.73 Å². The molecule has 0 aliphatic carbocycles. The summed E-state index contributed by atoms with van der Waals surface area (Å²) in [5.74, 6) is -0.891. The zero-order valence-electron chi connectivity index (χ0n) is 9.20. The SMILES string of the molecule is CC(C)(O)C(F)C(=O)Nc1cccc(N)c1. The van der Waals surface area contributed by atoms with E-state index in [0.29, 0.717) is 11.4 Å². The number of rotatable bonds is 3. The van der Waals surface area contributed by atoms with Crippen LogP contribution in [0.4, 0.5) is 15.8 Å². The second-order valence-corrected chi connectivity index (χ2v) is 4.13. The maximum atomic E-state index is 13.4. The van der Waals surface area contributed by atoms with Gasteiger partial charge in [-0.3, -0.25) is 4.79 Å². The Morgan fingerprint density at radius 1 is 1.56 bits per heavy atom. The van der Waals surface area contributed by atoms with Gasteiger partial charge in [0.25, 0.3) is 5.91 Å². The molecule has 1 rings (SSSR count). The van der Waals surface area contributed by atoms with Gasteiger partial charge in [-0.05, 0) is 32.0 Å². The second kappa shape index (κ2) is 4.49. The third-order valence-electron chi connectivity index (χ3n) is 2.00. The minimum atomic E-state index is -1.99. The normalized spacial score (nSPS) is 13.2. The molecule has 5 heteroatoms. The number of anilines is 2. The fraction of sp³-hybridized carbons (Fsp3) is 0.364. The first-order chi connectivity index (χ1) is 7.30. The first-order valence-corrected chi connectivity index (χ1v) is 4.83. The standard InChI is InChI=1S/C11H15FN2O2/c1-11(2,16)9(12)10(15)14-8-5-3-4-7(13)6-8/h3-6,9,16H,13H2,1-2H3,(H,14,15). The number of hydrogen-bond donors (Lipinski definition) is 3. The second-order valence-electron chi connectivity index (χ2n) is 4.13. The summed E-state index contributed by atoms with van der Waals surface area (Å²) >= 11 is 0. The molecule has 0 aliphatic heterocycles. The van der Waals surface area contributed by atoms with Gasteiger partial charge in [-0.25, -0.2) is 4.39 Å². The highest BCUT2D eigenvalue weighted by Gasteiger charge is 2.33. The Balaban J connectivity index is 2.72. The monoisotopic (exact) mass is 226 g/mol. The van der Waals surface area contributed by atoms with Crippen molar-refractivity contribution in [1.29, 1.82) is 0 Å². The van der Waals surface area contributed by atoms with Gasteiger partial charge in [0, 0.05) is 11.4 Å². The van der Waals surface area contributed by atoms with Crippen LogP contribution < -0.4 is 11.1 Å². The maximum Gasteiger partial charge on any atom is 0.261 e. The Hall–Kier alpha value is -1.62. The van der Waals surface area contributed by atoms with Crippen LogP contribution in [0.2, 0.25) is 0 Å².